The van der Waals surface area contributed by atoms with Crippen LogP contribution in [0.3, 0.4) is 0 Å². The van der Waals surface area contributed by atoms with Gasteiger partial charge in [-0.3, -0.25) is 9.79 Å². The summed E-state index contributed by atoms with van der Waals surface area (Å²) >= 11 is 0. The first-order valence-electron chi connectivity index (χ1n) is 9.41. The van der Waals surface area contributed by atoms with Crippen LogP contribution in [0.1, 0.15) is 25.8 Å². The third-order valence-electron chi connectivity index (χ3n) is 4.68. The van der Waals surface area contributed by atoms with Crippen molar-refractivity contribution in [2.75, 3.05) is 20.1 Å². The Bertz CT molecular complexity index is 789. The molecule has 3 rings (SSSR count). The average molecular weight is 496 g/mol. The molecule has 2 aromatic rings. The van der Waals surface area contributed by atoms with E-state index in [2.05, 4.69) is 20.7 Å². The molecule has 7 nitrogen and oxygen atoms in total. The van der Waals surface area contributed by atoms with E-state index in [-0.39, 0.29) is 41.8 Å². The topological polar surface area (TPSA) is 74.6 Å². The first-order chi connectivity index (χ1) is 13.1. The lowest BCUT2D eigenvalue weighted by atomic mass is 10.2. The fourth-order valence-corrected chi connectivity index (χ4v) is 3.19. The van der Waals surface area contributed by atoms with Crippen LogP contribution in [0.15, 0.2) is 47.7 Å². The largest absolute Gasteiger partial charge is 0.352 e. The van der Waals surface area contributed by atoms with E-state index >= 15 is 0 Å². The number of para-hydroxylation sites is 1. The van der Waals surface area contributed by atoms with E-state index in [0.717, 1.165) is 36.7 Å². The number of rotatable bonds is 5. The molecule has 1 aliphatic rings. The zero-order valence-electron chi connectivity index (χ0n) is 16.6. The number of aromatic nitrogens is 2. The molecule has 0 spiro atoms. The van der Waals surface area contributed by atoms with Crippen molar-refractivity contribution < 1.29 is 4.79 Å². The van der Waals surface area contributed by atoms with Crippen LogP contribution < -0.4 is 10.6 Å². The van der Waals surface area contributed by atoms with Crippen LogP contribution in [-0.2, 0) is 11.3 Å². The van der Waals surface area contributed by atoms with Gasteiger partial charge in [-0.1, -0.05) is 32.0 Å². The standard InChI is InChI=1S/C20H28N6O.HI/c1-15(2)19(27)25-10-9-17(14-25)24-20(21-3)22-11-16-12-23-26(13-16)18-7-5-4-6-8-18;/h4-8,12-13,15,17H,9-11,14H2,1-3H3,(H2,21,22,24);1H. The highest BCUT2D eigenvalue weighted by Crippen LogP contribution is 2.13. The van der Waals surface area contributed by atoms with Gasteiger partial charge in [0, 0.05) is 50.4 Å². The van der Waals surface area contributed by atoms with Gasteiger partial charge in [-0.15, -0.1) is 24.0 Å². The summed E-state index contributed by atoms with van der Waals surface area (Å²) in [5.74, 6) is 1.00. The van der Waals surface area contributed by atoms with Gasteiger partial charge in [-0.2, -0.15) is 5.10 Å². The molecule has 2 heterocycles. The second-order valence-electron chi connectivity index (χ2n) is 7.12. The van der Waals surface area contributed by atoms with E-state index in [9.17, 15) is 4.79 Å². The Morgan fingerprint density at radius 3 is 2.75 bits per heavy atom. The van der Waals surface area contributed by atoms with Crippen LogP contribution in [0.4, 0.5) is 0 Å². The number of nitrogens with one attached hydrogen (secondary N) is 2. The summed E-state index contributed by atoms with van der Waals surface area (Å²) in [7, 11) is 1.76. The van der Waals surface area contributed by atoms with Gasteiger partial charge in [0.05, 0.1) is 11.9 Å². The fourth-order valence-electron chi connectivity index (χ4n) is 3.19. The molecule has 1 aliphatic heterocycles. The molecule has 0 aliphatic carbocycles. The highest BCUT2D eigenvalue weighted by Gasteiger charge is 2.27. The number of benzene rings is 1. The van der Waals surface area contributed by atoms with Gasteiger partial charge in [0.25, 0.3) is 0 Å². The Morgan fingerprint density at radius 2 is 2.07 bits per heavy atom. The monoisotopic (exact) mass is 496 g/mol. The fraction of sp³-hybridized carbons (Fsp3) is 0.450. The first-order valence-corrected chi connectivity index (χ1v) is 9.41. The van der Waals surface area contributed by atoms with Crippen LogP contribution in [0.25, 0.3) is 5.69 Å². The lowest BCUT2D eigenvalue weighted by Crippen LogP contribution is -2.45. The number of carbonyl (C=O) groups is 1. The Kier molecular flexibility index (Phi) is 8.28. The van der Waals surface area contributed by atoms with Crippen molar-refractivity contribution in [1.82, 2.24) is 25.3 Å². The molecular weight excluding hydrogens is 467 g/mol. The van der Waals surface area contributed by atoms with Crippen LogP contribution >= 0.6 is 24.0 Å². The maximum Gasteiger partial charge on any atom is 0.225 e. The minimum Gasteiger partial charge on any atom is -0.352 e. The quantitative estimate of drug-likeness (QED) is 0.379. The second kappa shape index (κ2) is 10.4. The number of nitrogens with zero attached hydrogens (tertiary/aromatic N) is 4. The zero-order valence-corrected chi connectivity index (χ0v) is 19.0. The molecule has 0 bridgehead atoms. The molecule has 1 unspecified atom stereocenters. The van der Waals surface area contributed by atoms with Crippen LogP contribution in [0.5, 0.6) is 0 Å². The van der Waals surface area contributed by atoms with Crippen molar-refractivity contribution in [2.24, 2.45) is 10.9 Å². The van der Waals surface area contributed by atoms with Crippen LogP contribution in [-0.4, -0.2) is 52.7 Å². The lowest BCUT2D eigenvalue weighted by molar-refractivity contribution is -0.133. The van der Waals surface area contributed by atoms with Crippen molar-refractivity contribution in [3.8, 4) is 5.69 Å². The minimum absolute atomic E-state index is 0. The van der Waals surface area contributed by atoms with Gasteiger partial charge in [-0.25, -0.2) is 4.68 Å². The minimum atomic E-state index is 0. The summed E-state index contributed by atoms with van der Waals surface area (Å²) in [6, 6.07) is 10.3. The number of likely N-dealkylation sites (tertiary alicyclic amines) is 1. The molecule has 8 heteroatoms. The molecule has 1 fully saturated rings. The Labute approximate surface area is 183 Å². The number of amides is 1. The number of hydrogen-bond acceptors (Lipinski definition) is 3. The number of carbonyl (C=O) groups excluding carboxylic acids is 1. The van der Waals surface area contributed by atoms with Crippen LogP contribution in [0, 0.1) is 5.92 Å². The highest BCUT2D eigenvalue weighted by molar-refractivity contribution is 14.0. The Hall–Kier alpha value is -2.10. The van der Waals surface area contributed by atoms with E-state index < -0.39 is 0 Å². The normalized spacial score (nSPS) is 16.8. The van der Waals surface area contributed by atoms with Crippen molar-refractivity contribution in [3.05, 3.63) is 48.3 Å². The smallest absolute Gasteiger partial charge is 0.225 e. The molecule has 1 saturated heterocycles. The van der Waals surface area contributed by atoms with E-state index in [1.165, 1.54) is 0 Å². The highest BCUT2D eigenvalue weighted by atomic mass is 127. The summed E-state index contributed by atoms with van der Waals surface area (Å²) in [6.45, 7) is 6.05. The van der Waals surface area contributed by atoms with Gasteiger partial charge in [0.15, 0.2) is 5.96 Å². The van der Waals surface area contributed by atoms with Gasteiger partial charge in [0.1, 0.15) is 0 Å². The van der Waals surface area contributed by atoms with Gasteiger partial charge in [0.2, 0.25) is 5.91 Å². The van der Waals surface area contributed by atoms with Crippen molar-refractivity contribution in [1.29, 1.82) is 0 Å². The molecule has 1 aromatic carbocycles. The van der Waals surface area contributed by atoms with E-state index in [1.54, 1.807) is 7.05 Å². The number of aliphatic imine (C=N–C) groups is 1. The van der Waals surface area contributed by atoms with Crippen molar-refractivity contribution in [2.45, 2.75) is 32.9 Å². The van der Waals surface area contributed by atoms with Crippen LogP contribution in [0.2, 0.25) is 0 Å². The zero-order chi connectivity index (χ0) is 19.2. The third kappa shape index (κ3) is 5.70. The summed E-state index contributed by atoms with van der Waals surface area (Å²) in [6.07, 6.45) is 4.80. The first kappa shape index (κ1) is 22.2. The number of hydrogen-bond donors (Lipinski definition) is 2. The summed E-state index contributed by atoms with van der Waals surface area (Å²) in [5.41, 5.74) is 2.11. The molecule has 28 heavy (non-hydrogen) atoms. The number of halogens is 1. The van der Waals surface area contributed by atoms with Gasteiger partial charge >= 0.3 is 0 Å². The average Bonchev–Trinajstić information content (AvgIpc) is 3.34. The molecule has 0 saturated carbocycles. The molecule has 2 N–H and O–H groups in total. The summed E-state index contributed by atoms with van der Waals surface area (Å²) < 4.78 is 1.86. The molecule has 1 atom stereocenters. The van der Waals surface area contributed by atoms with E-state index in [1.807, 2.05) is 66.2 Å². The Balaban J connectivity index is 0.00000280. The predicted molar refractivity (Wildman–Crippen MR) is 122 cm³/mol. The molecule has 1 aromatic heterocycles. The van der Waals surface area contributed by atoms with Gasteiger partial charge in [-0.05, 0) is 18.6 Å². The maximum atomic E-state index is 12.1. The van der Waals surface area contributed by atoms with E-state index in [4.69, 9.17) is 0 Å². The third-order valence-corrected chi connectivity index (χ3v) is 4.68. The maximum absolute atomic E-state index is 12.1. The van der Waals surface area contributed by atoms with Crippen molar-refractivity contribution in [3.63, 3.8) is 0 Å². The molecule has 1 amide bonds. The number of guanidine groups is 1. The van der Waals surface area contributed by atoms with Crippen molar-refractivity contribution >= 4 is 35.8 Å². The van der Waals surface area contributed by atoms with E-state index in [0.29, 0.717) is 6.54 Å². The van der Waals surface area contributed by atoms with Gasteiger partial charge < -0.3 is 15.5 Å². The second-order valence-corrected chi connectivity index (χ2v) is 7.12. The Morgan fingerprint density at radius 1 is 1.32 bits per heavy atom. The molecular formula is C20H29IN6O. The SMILES string of the molecule is CN=C(NCc1cnn(-c2ccccc2)c1)NC1CCN(C(=O)C(C)C)C1.I. The summed E-state index contributed by atoms with van der Waals surface area (Å²) in [5, 5.41) is 11.2. The lowest BCUT2D eigenvalue weighted by Gasteiger charge is -2.20. The summed E-state index contributed by atoms with van der Waals surface area (Å²) in [4.78, 5) is 18.3. The molecule has 152 valence electrons. The predicted octanol–water partition coefficient (Wildman–Crippen LogP) is 2.41. The molecule has 0 radical (unpaired) electrons.